The Morgan fingerprint density at radius 3 is 2.81 bits per heavy atom. The van der Waals surface area contributed by atoms with Gasteiger partial charge in [0.1, 0.15) is 17.7 Å². The van der Waals surface area contributed by atoms with Crippen LogP contribution in [0.2, 0.25) is 0 Å². The van der Waals surface area contributed by atoms with Crippen LogP contribution in [0.1, 0.15) is 13.3 Å². The van der Waals surface area contributed by atoms with Gasteiger partial charge >= 0.3 is 0 Å². The molecule has 0 radical (unpaired) electrons. The van der Waals surface area contributed by atoms with E-state index in [1.165, 1.54) is 12.1 Å². The van der Waals surface area contributed by atoms with Crippen molar-refractivity contribution in [2.24, 2.45) is 10.9 Å². The molecule has 0 bridgehead atoms. The molecule has 26 heavy (non-hydrogen) atoms. The van der Waals surface area contributed by atoms with Crippen LogP contribution in [0.25, 0.3) is 0 Å². The Labute approximate surface area is 155 Å². The molecule has 0 aliphatic carbocycles. The van der Waals surface area contributed by atoms with Crippen molar-refractivity contribution in [1.29, 1.82) is 0 Å². The van der Waals surface area contributed by atoms with Crippen LogP contribution < -0.4 is 10.1 Å². The first kappa shape index (κ1) is 20.5. The van der Waals surface area contributed by atoms with E-state index in [0.717, 1.165) is 32.1 Å². The van der Waals surface area contributed by atoms with Crippen molar-refractivity contribution >= 4 is 5.96 Å². The molecule has 2 rings (SSSR count). The maximum Gasteiger partial charge on any atom is 0.193 e. The highest BCUT2D eigenvalue weighted by atomic mass is 19.1. The molecule has 146 valence electrons. The summed E-state index contributed by atoms with van der Waals surface area (Å²) in [5.41, 5.74) is 0. The lowest BCUT2D eigenvalue weighted by Gasteiger charge is -2.23. The van der Waals surface area contributed by atoms with E-state index in [0.29, 0.717) is 31.4 Å². The van der Waals surface area contributed by atoms with Crippen molar-refractivity contribution < 1.29 is 18.6 Å². The normalized spacial score (nSPS) is 18.8. The van der Waals surface area contributed by atoms with E-state index in [1.807, 2.05) is 6.92 Å². The molecule has 6 nitrogen and oxygen atoms in total. The lowest BCUT2D eigenvalue weighted by Crippen LogP contribution is -2.43. The number of aliphatic imine (C=N–C) groups is 1. The Balaban J connectivity index is 1.71. The number of likely N-dealkylation sites (tertiary alicyclic amines) is 1. The summed E-state index contributed by atoms with van der Waals surface area (Å²) in [6.07, 6.45) is 1.03. The molecule has 1 aromatic rings. The number of nitrogens with zero attached hydrogens (tertiary/aromatic N) is 2. The minimum absolute atomic E-state index is 0.0620. The van der Waals surface area contributed by atoms with Gasteiger partial charge in [-0.15, -0.1) is 0 Å². The second-order valence-corrected chi connectivity index (χ2v) is 6.48. The lowest BCUT2D eigenvalue weighted by atomic mass is 10.1. The monoisotopic (exact) mass is 367 g/mol. The van der Waals surface area contributed by atoms with Crippen LogP contribution in [0, 0.1) is 11.7 Å². The molecule has 1 fully saturated rings. The fourth-order valence-corrected chi connectivity index (χ4v) is 2.91. The third kappa shape index (κ3) is 6.80. The van der Waals surface area contributed by atoms with Crippen molar-refractivity contribution in [2.75, 3.05) is 53.6 Å². The molecule has 2 atom stereocenters. The summed E-state index contributed by atoms with van der Waals surface area (Å²) in [5.74, 6) is 1.78. The third-order valence-electron chi connectivity index (χ3n) is 4.28. The van der Waals surface area contributed by atoms with Gasteiger partial charge in [-0.05, 0) is 37.6 Å². The van der Waals surface area contributed by atoms with Gasteiger partial charge in [-0.2, -0.15) is 0 Å². The summed E-state index contributed by atoms with van der Waals surface area (Å²) in [6.45, 7) is 6.51. The number of guanidine groups is 1. The van der Waals surface area contributed by atoms with Crippen molar-refractivity contribution in [2.45, 2.75) is 19.4 Å². The Morgan fingerprint density at radius 1 is 1.35 bits per heavy atom. The standard InChI is InChI=1S/C19H30FN3O3/c1-15(26-18-6-4-17(20)5-7-18)12-22-19(21-2)23-9-8-16(13-23)14-25-11-10-24-3/h4-7,15-16H,8-14H2,1-3H3,(H,21,22). The molecule has 1 saturated heterocycles. The molecule has 0 aromatic heterocycles. The summed E-state index contributed by atoms with van der Waals surface area (Å²) in [5, 5.41) is 3.36. The Hall–Kier alpha value is -1.86. The number of benzene rings is 1. The van der Waals surface area contributed by atoms with Crippen LogP contribution >= 0.6 is 0 Å². The van der Waals surface area contributed by atoms with Gasteiger partial charge in [0.05, 0.1) is 26.4 Å². The Kier molecular flexibility index (Phi) is 8.64. The molecule has 2 unspecified atom stereocenters. The van der Waals surface area contributed by atoms with Gasteiger partial charge < -0.3 is 24.4 Å². The SMILES string of the molecule is CN=C(NCC(C)Oc1ccc(F)cc1)N1CCC(COCCOC)C1. The van der Waals surface area contributed by atoms with Crippen LogP contribution in [0.4, 0.5) is 4.39 Å². The van der Waals surface area contributed by atoms with E-state index in [9.17, 15) is 4.39 Å². The minimum Gasteiger partial charge on any atom is -0.489 e. The Morgan fingerprint density at radius 2 is 2.12 bits per heavy atom. The molecular weight excluding hydrogens is 337 g/mol. The zero-order valence-electron chi connectivity index (χ0n) is 15.9. The van der Waals surface area contributed by atoms with Gasteiger partial charge in [-0.3, -0.25) is 4.99 Å². The van der Waals surface area contributed by atoms with Crippen molar-refractivity contribution in [3.05, 3.63) is 30.1 Å². The molecule has 1 aliphatic heterocycles. The second kappa shape index (κ2) is 11.0. The number of rotatable bonds is 9. The maximum atomic E-state index is 12.9. The van der Waals surface area contributed by atoms with Gasteiger partial charge in [0.2, 0.25) is 0 Å². The smallest absolute Gasteiger partial charge is 0.193 e. The van der Waals surface area contributed by atoms with E-state index >= 15 is 0 Å². The molecule has 1 N–H and O–H groups in total. The minimum atomic E-state index is -0.265. The highest BCUT2D eigenvalue weighted by Gasteiger charge is 2.25. The number of halogens is 1. The molecule has 1 heterocycles. The number of nitrogens with one attached hydrogen (secondary N) is 1. The average Bonchev–Trinajstić information content (AvgIpc) is 3.10. The number of hydrogen-bond acceptors (Lipinski definition) is 4. The van der Waals surface area contributed by atoms with E-state index in [1.54, 1.807) is 26.3 Å². The summed E-state index contributed by atoms with van der Waals surface area (Å²) in [7, 11) is 3.47. The summed E-state index contributed by atoms with van der Waals surface area (Å²) < 4.78 is 29.4. The highest BCUT2D eigenvalue weighted by Crippen LogP contribution is 2.17. The van der Waals surface area contributed by atoms with E-state index < -0.39 is 0 Å². The van der Waals surface area contributed by atoms with Crippen molar-refractivity contribution in [3.63, 3.8) is 0 Å². The van der Waals surface area contributed by atoms with Crippen LogP contribution in [-0.4, -0.2) is 70.6 Å². The Bertz CT molecular complexity index is 553. The number of methoxy groups -OCH3 is 1. The quantitative estimate of drug-likeness (QED) is 0.412. The number of ether oxygens (including phenoxy) is 3. The largest absolute Gasteiger partial charge is 0.489 e. The highest BCUT2D eigenvalue weighted by molar-refractivity contribution is 5.80. The number of hydrogen-bond donors (Lipinski definition) is 1. The van der Waals surface area contributed by atoms with Gasteiger partial charge in [-0.25, -0.2) is 4.39 Å². The van der Waals surface area contributed by atoms with Crippen LogP contribution in [0.5, 0.6) is 5.75 Å². The molecule has 0 spiro atoms. The van der Waals surface area contributed by atoms with E-state index in [4.69, 9.17) is 14.2 Å². The third-order valence-corrected chi connectivity index (χ3v) is 4.28. The van der Waals surface area contributed by atoms with Crippen molar-refractivity contribution in [1.82, 2.24) is 10.2 Å². The van der Waals surface area contributed by atoms with Crippen LogP contribution in [0.3, 0.4) is 0 Å². The summed E-state index contributed by atoms with van der Waals surface area (Å²) in [4.78, 5) is 6.62. The molecular formula is C19H30FN3O3. The van der Waals surface area contributed by atoms with E-state index in [2.05, 4.69) is 15.2 Å². The topological polar surface area (TPSA) is 55.3 Å². The van der Waals surface area contributed by atoms with Gasteiger partial charge in [0.15, 0.2) is 5.96 Å². The maximum absolute atomic E-state index is 12.9. The van der Waals surface area contributed by atoms with Crippen LogP contribution in [-0.2, 0) is 9.47 Å². The summed E-state index contributed by atoms with van der Waals surface area (Å²) >= 11 is 0. The first-order valence-corrected chi connectivity index (χ1v) is 9.07. The summed E-state index contributed by atoms with van der Waals surface area (Å²) in [6, 6.07) is 6.06. The molecule has 0 saturated carbocycles. The van der Waals surface area contributed by atoms with Gasteiger partial charge in [0, 0.05) is 33.2 Å². The molecule has 1 aliphatic rings. The van der Waals surface area contributed by atoms with Crippen LogP contribution in [0.15, 0.2) is 29.3 Å². The second-order valence-electron chi connectivity index (χ2n) is 6.48. The molecule has 0 amide bonds. The first-order chi connectivity index (χ1) is 12.6. The van der Waals surface area contributed by atoms with Gasteiger partial charge in [0.25, 0.3) is 0 Å². The zero-order chi connectivity index (χ0) is 18.8. The van der Waals surface area contributed by atoms with E-state index in [-0.39, 0.29) is 11.9 Å². The lowest BCUT2D eigenvalue weighted by molar-refractivity contribution is 0.0536. The fraction of sp³-hybridized carbons (Fsp3) is 0.632. The average molecular weight is 367 g/mol. The molecule has 1 aromatic carbocycles. The zero-order valence-corrected chi connectivity index (χ0v) is 15.9. The fourth-order valence-electron chi connectivity index (χ4n) is 2.91. The predicted molar refractivity (Wildman–Crippen MR) is 100 cm³/mol. The van der Waals surface area contributed by atoms with Crippen molar-refractivity contribution in [3.8, 4) is 5.75 Å². The van der Waals surface area contributed by atoms with Gasteiger partial charge in [-0.1, -0.05) is 0 Å². The predicted octanol–water partition coefficient (Wildman–Crippen LogP) is 2.15. The first-order valence-electron chi connectivity index (χ1n) is 9.07. The molecule has 7 heteroatoms.